The van der Waals surface area contributed by atoms with E-state index < -0.39 is 9.73 Å². The lowest BCUT2D eigenvalue weighted by atomic mass is 10.3. The molecule has 1 rings (SSSR count). The third-order valence-corrected chi connectivity index (χ3v) is 3.76. The highest BCUT2D eigenvalue weighted by Crippen LogP contribution is 2.23. The molecule has 1 fully saturated rings. The first-order valence-corrected chi connectivity index (χ1v) is 5.51. The second-order valence-electron chi connectivity index (χ2n) is 3.10. The molecule has 3 unspecified atom stereocenters. The zero-order valence-electron chi connectivity index (χ0n) is 6.99. The van der Waals surface area contributed by atoms with E-state index in [0.29, 0.717) is 0 Å². The van der Waals surface area contributed by atoms with Gasteiger partial charge in [-0.25, -0.2) is 4.21 Å². The molecule has 0 spiro atoms. The number of hydrogen-bond donors (Lipinski definition) is 2. The van der Waals surface area contributed by atoms with Crippen molar-refractivity contribution in [1.82, 2.24) is 0 Å². The van der Waals surface area contributed by atoms with Gasteiger partial charge in [0.1, 0.15) is 0 Å². The van der Waals surface area contributed by atoms with Gasteiger partial charge < -0.3 is 5.73 Å². The molecular weight excluding hydrogens is 219 g/mol. The average molecular weight is 235 g/mol. The number of halogens is 2. The van der Waals surface area contributed by atoms with Gasteiger partial charge in [-0.1, -0.05) is 0 Å². The van der Waals surface area contributed by atoms with Gasteiger partial charge in [0.15, 0.2) is 0 Å². The molecule has 76 valence electrons. The van der Waals surface area contributed by atoms with Crippen LogP contribution in [0, 0.1) is 4.78 Å². The van der Waals surface area contributed by atoms with Gasteiger partial charge in [0.2, 0.25) is 0 Å². The minimum Gasteiger partial charge on any atom is -0.328 e. The van der Waals surface area contributed by atoms with Gasteiger partial charge in [-0.05, 0) is 19.3 Å². The second kappa shape index (κ2) is 5.27. The molecular formula is C6H16Cl2N2OS. The van der Waals surface area contributed by atoms with Crippen LogP contribution in [0.15, 0.2) is 0 Å². The van der Waals surface area contributed by atoms with Crippen LogP contribution in [-0.4, -0.2) is 21.8 Å². The average Bonchev–Trinajstić information content (AvgIpc) is 2.11. The van der Waals surface area contributed by atoms with Crippen LogP contribution in [0.5, 0.6) is 0 Å². The molecule has 3 nitrogen and oxygen atoms in total. The molecule has 0 heterocycles. The number of hydrogen-bond acceptors (Lipinski definition) is 3. The van der Waals surface area contributed by atoms with Crippen LogP contribution in [0.2, 0.25) is 0 Å². The summed E-state index contributed by atoms with van der Waals surface area (Å²) in [4.78, 5) is 0. The van der Waals surface area contributed by atoms with Crippen LogP contribution in [-0.2, 0) is 9.73 Å². The molecule has 12 heavy (non-hydrogen) atoms. The van der Waals surface area contributed by atoms with Crippen LogP contribution in [0.4, 0.5) is 0 Å². The molecule has 0 aromatic heterocycles. The minimum atomic E-state index is -2.32. The van der Waals surface area contributed by atoms with Crippen molar-refractivity contribution in [1.29, 1.82) is 4.78 Å². The first-order chi connectivity index (χ1) is 4.50. The predicted octanol–water partition coefficient (Wildman–Crippen LogP) is 1.39. The zero-order chi connectivity index (χ0) is 7.78. The Balaban J connectivity index is 0. The van der Waals surface area contributed by atoms with Crippen molar-refractivity contribution in [2.45, 2.75) is 30.6 Å². The Morgan fingerprint density at radius 3 is 2.08 bits per heavy atom. The Morgan fingerprint density at radius 2 is 1.92 bits per heavy atom. The highest BCUT2D eigenvalue weighted by atomic mass is 35.5. The lowest BCUT2D eigenvalue weighted by Gasteiger charge is -2.08. The van der Waals surface area contributed by atoms with Crippen LogP contribution < -0.4 is 5.73 Å². The summed E-state index contributed by atoms with van der Waals surface area (Å²) in [6, 6.07) is 0.191. The van der Waals surface area contributed by atoms with Crippen molar-refractivity contribution in [2.75, 3.05) is 6.26 Å². The van der Waals surface area contributed by atoms with Crippen molar-refractivity contribution in [2.24, 2.45) is 5.73 Å². The van der Waals surface area contributed by atoms with E-state index in [-0.39, 0.29) is 36.1 Å². The summed E-state index contributed by atoms with van der Waals surface area (Å²) in [6.45, 7) is 0. The van der Waals surface area contributed by atoms with Crippen LogP contribution >= 0.6 is 24.8 Å². The number of nitrogens with two attached hydrogens (primary N) is 1. The van der Waals surface area contributed by atoms with Gasteiger partial charge >= 0.3 is 0 Å². The Hall–Kier alpha value is 0.490. The Labute approximate surface area is 86.3 Å². The molecule has 0 bridgehead atoms. The maximum absolute atomic E-state index is 11.1. The zero-order valence-corrected chi connectivity index (χ0v) is 9.44. The van der Waals surface area contributed by atoms with E-state index in [4.69, 9.17) is 10.5 Å². The maximum Gasteiger partial charge on any atom is 0.0442 e. The van der Waals surface area contributed by atoms with E-state index in [2.05, 4.69) is 0 Å². The monoisotopic (exact) mass is 234 g/mol. The van der Waals surface area contributed by atoms with E-state index in [1.165, 1.54) is 6.26 Å². The third kappa shape index (κ3) is 3.94. The van der Waals surface area contributed by atoms with Gasteiger partial charge in [0, 0.05) is 27.3 Å². The quantitative estimate of drug-likeness (QED) is 0.721. The van der Waals surface area contributed by atoms with Gasteiger partial charge in [-0.15, -0.1) is 24.8 Å². The molecule has 1 aliphatic rings. The molecule has 0 aromatic carbocycles. The molecule has 3 atom stereocenters. The SMILES string of the molecule is CS(=N)(=O)C1CCC(N)C1.Cl.Cl. The summed E-state index contributed by atoms with van der Waals surface area (Å²) in [5.74, 6) is 0. The van der Waals surface area contributed by atoms with Gasteiger partial charge in [-0.3, -0.25) is 4.78 Å². The Bertz CT molecular complexity index is 218. The molecule has 0 aliphatic heterocycles. The fourth-order valence-electron chi connectivity index (χ4n) is 1.38. The fraction of sp³-hybridized carbons (Fsp3) is 1.00. The second-order valence-corrected chi connectivity index (χ2v) is 5.57. The van der Waals surface area contributed by atoms with Crippen molar-refractivity contribution in [3.63, 3.8) is 0 Å². The molecule has 0 aromatic rings. The standard InChI is InChI=1S/C6H14N2OS.2ClH/c1-10(8,9)6-3-2-5(7)4-6;;/h5-6,8H,2-4,7H2,1H3;2*1H. The summed E-state index contributed by atoms with van der Waals surface area (Å²) < 4.78 is 18.4. The van der Waals surface area contributed by atoms with Crippen molar-refractivity contribution in [3.8, 4) is 0 Å². The summed E-state index contributed by atoms with van der Waals surface area (Å²) in [6.07, 6.45) is 4.10. The molecule has 3 N–H and O–H groups in total. The summed E-state index contributed by atoms with van der Waals surface area (Å²) in [5, 5.41) is 0.0579. The lowest BCUT2D eigenvalue weighted by molar-refractivity contribution is 0.659. The third-order valence-electron chi connectivity index (χ3n) is 2.06. The summed E-state index contributed by atoms with van der Waals surface area (Å²) in [7, 11) is -2.32. The molecule has 0 amide bonds. The first kappa shape index (κ1) is 15.0. The largest absolute Gasteiger partial charge is 0.328 e. The number of rotatable bonds is 1. The van der Waals surface area contributed by atoms with E-state index in [1.807, 2.05) is 0 Å². The first-order valence-electron chi connectivity index (χ1n) is 3.48. The van der Waals surface area contributed by atoms with Gasteiger partial charge in [0.05, 0.1) is 0 Å². The molecule has 0 saturated heterocycles. The lowest BCUT2D eigenvalue weighted by Crippen LogP contribution is -2.20. The summed E-state index contributed by atoms with van der Waals surface area (Å²) in [5.41, 5.74) is 5.61. The smallest absolute Gasteiger partial charge is 0.0442 e. The van der Waals surface area contributed by atoms with Crippen molar-refractivity contribution >= 4 is 34.5 Å². The minimum absolute atomic E-state index is 0. The van der Waals surface area contributed by atoms with Crippen LogP contribution in [0.3, 0.4) is 0 Å². The predicted molar refractivity (Wildman–Crippen MR) is 56.9 cm³/mol. The van der Waals surface area contributed by atoms with E-state index >= 15 is 0 Å². The van der Waals surface area contributed by atoms with E-state index in [1.54, 1.807) is 0 Å². The van der Waals surface area contributed by atoms with Crippen LogP contribution in [0.25, 0.3) is 0 Å². The Kier molecular flexibility index (Phi) is 6.58. The number of nitrogens with one attached hydrogen (secondary N) is 1. The highest BCUT2D eigenvalue weighted by Gasteiger charge is 2.26. The molecule has 6 heteroatoms. The van der Waals surface area contributed by atoms with Crippen LogP contribution in [0.1, 0.15) is 19.3 Å². The van der Waals surface area contributed by atoms with Gasteiger partial charge in [-0.2, -0.15) is 0 Å². The van der Waals surface area contributed by atoms with Crippen molar-refractivity contribution in [3.05, 3.63) is 0 Å². The molecule has 0 radical (unpaired) electrons. The normalized spacial score (nSPS) is 32.8. The highest BCUT2D eigenvalue weighted by molar-refractivity contribution is 7.92. The van der Waals surface area contributed by atoms with Crippen molar-refractivity contribution < 1.29 is 4.21 Å². The maximum atomic E-state index is 11.1. The Morgan fingerprint density at radius 1 is 1.42 bits per heavy atom. The molecule has 1 saturated carbocycles. The van der Waals surface area contributed by atoms with Gasteiger partial charge in [0.25, 0.3) is 0 Å². The summed E-state index contributed by atoms with van der Waals surface area (Å²) >= 11 is 0. The topological polar surface area (TPSA) is 66.9 Å². The van der Waals surface area contributed by atoms with E-state index in [9.17, 15) is 4.21 Å². The fourth-order valence-corrected chi connectivity index (χ4v) is 2.58. The van der Waals surface area contributed by atoms with E-state index in [0.717, 1.165) is 19.3 Å². The molecule has 1 aliphatic carbocycles.